The van der Waals surface area contributed by atoms with Crippen LogP contribution >= 0.6 is 15.6 Å². The maximum absolute atomic E-state index is 12.7. The van der Waals surface area contributed by atoms with Crippen LogP contribution in [0.15, 0.2) is 55.2 Å². The van der Waals surface area contributed by atoms with Crippen LogP contribution in [-0.4, -0.2) is 111 Å². The number of amides is 2. The average Bonchev–Trinajstić information content (AvgIpc) is 3.93. The lowest BCUT2D eigenvalue weighted by molar-refractivity contribution is -0.765. The number of phosphoric acid groups is 2. The number of hydrogen-bond acceptors (Lipinski definition) is 17. The Kier molecular flexibility index (Phi) is 13.0. The highest BCUT2D eigenvalue weighted by atomic mass is 31.3. The first-order valence-electron chi connectivity index (χ1n) is 17.2. The molecular weight excluding hydrogens is 798 g/mol. The first kappa shape index (κ1) is 42.1. The van der Waals surface area contributed by atoms with E-state index in [-0.39, 0.29) is 46.6 Å². The Morgan fingerprint density at radius 2 is 1.65 bits per heavy atom. The molecule has 0 radical (unpaired) electrons. The van der Waals surface area contributed by atoms with Crippen molar-refractivity contribution in [2.45, 2.75) is 68.3 Å². The van der Waals surface area contributed by atoms with Gasteiger partial charge in [0.1, 0.15) is 42.4 Å². The van der Waals surface area contributed by atoms with Crippen molar-refractivity contribution in [1.29, 1.82) is 0 Å². The molecule has 0 aromatic carbocycles. The minimum absolute atomic E-state index is 0.0103. The number of pyridine rings is 1. The lowest BCUT2D eigenvalue weighted by atomic mass is 10.0. The maximum Gasteiger partial charge on any atom is 0.481 e. The van der Waals surface area contributed by atoms with Crippen molar-refractivity contribution >= 4 is 44.4 Å². The number of carbonyl (C=O) groups excluding carboxylic acids is 2. The minimum Gasteiger partial charge on any atom is -0.387 e. The summed E-state index contributed by atoms with van der Waals surface area (Å²) in [5.41, 5.74) is 11.4. The molecule has 2 fully saturated rings. The number of carbonyl (C=O) groups is 2. The van der Waals surface area contributed by atoms with Crippen molar-refractivity contribution < 1.29 is 76.3 Å². The van der Waals surface area contributed by atoms with Gasteiger partial charge in [-0.3, -0.25) is 28.5 Å². The van der Waals surface area contributed by atoms with Gasteiger partial charge in [-0.25, -0.2) is 24.1 Å². The van der Waals surface area contributed by atoms with Crippen LogP contribution in [0.3, 0.4) is 0 Å². The quantitative estimate of drug-likeness (QED) is 0.0357. The molecule has 57 heavy (non-hydrogen) atoms. The van der Waals surface area contributed by atoms with Crippen LogP contribution in [0.5, 0.6) is 0 Å². The predicted molar refractivity (Wildman–Crippen MR) is 190 cm³/mol. The number of nitrogens with two attached hydrogens (primary N) is 2. The van der Waals surface area contributed by atoms with Gasteiger partial charge in [0.2, 0.25) is 5.91 Å². The van der Waals surface area contributed by atoms with Crippen molar-refractivity contribution in [3.63, 3.8) is 0 Å². The van der Waals surface area contributed by atoms with Crippen LogP contribution in [-0.2, 0) is 36.8 Å². The van der Waals surface area contributed by atoms with Crippen molar-refractivity contribution in [1.82, 2.24) is 24.8 Å². The second-order valence-electron chi connectivity index (χ2n) is 13.0. The molecule has 2 unspecified atom stereocenters. The van der Waals surface area contributed by atoms with Crippen LogP contribution < -0.4 is 21.4 Å². The van der Waals surface area contributed by atoms with Gasteiger partial charge < -0.3 is 51.2 Å². The molecule has 3 aromatic rings. The number of allylic oxidation sites excluding steroid dienone is 4. The Balaban J connectivity index is 1.06. The highest BCUT2D eigenvalue weighted by Crippen LogP contribution is 2.60. The Morgan fingerprint density at radius 1 is 0.982 bits per heavy atom. The van der Waals surface area contributed by atoms with Gasteiger partial charge >= 0.3 is 15.6 Å². The number of fused-ring (bicyclic) bond motifs is 1. The lowest BCUT2D eigenvalue weighted by Gasteiger charge is -2.20. The Morgan fingerprint density at radius 3 is 2.33 bits per heavy atom. The van der Waals surface area contributed by atoms with Gasteiger partial charge in [-0.2, -0.15) is 8.88 Å². The molecule has 11 N–H and O–H groups in total. The third kappa shape index (κ3) is 9.97. The van der Waals surface area contributed by atoms with Gasteiger partial charge in [0.25, 0.3) is 12.1 Å². The van der Waals surface area contributed by atoms with E-state index in [4.69, 9.17) is 30.0 Å². The molecule has 10 atom stereocenters. The summed E-state index contributed by atoms with van der Waals surface area (Å²) in [7, 11) is -10.9. The zero-order chi connectivity index (χ0) is 41.1. The van der Waals surface area contributed by atoms with Gasteiger partial charge in [0, 0.05) is 18.5 Å². The van der Waals surface area contributed by atoms with E-state index in [1.54, 1.807) is 0 Å². The molecule has 2 amide bonds. The molecule has 2 saturated heterocycles. The van der Waals surface area contributed by atoms with Gasteiger partial charge in [0.05, 0.1) is 13.2 Å². The van der Waals surface area contributed by atoms with E-state index in [9.17, 15) is 48.9 Å². The fraction of sp³-hybridized carbons (Fsp3) is 0.438. The molecule has 1 aliphatic carbocycles. The van der Waals surface area contributed by atoms with Crippen molar-refractivity contribution in [3.8, 4) is 12.0 Å². The summed E-state index contributed by atoms with van der Waals surface area (Å²) >= 11 is 0. The SMILES string of the molecule is NC(=O)c1ccc[n+]([C@@H]2O[C@H](COP(=O)(O)OP(=O)(O)OC[C@H]3O[C@@H](n4c(C#CNC(=O)CCCC5C=CC=C5)nc5c(N)ncnc54)[C@H](O)[C@@H]3O)[C@@H](O)[C@H]2O)c1. The zero-order valence-electron chi connectivity index (χ0n) is 29.6. The van der Waals surface area contributed by atoms with E-state index >= 15 is 0 Å². The van der Waals surface area contributed by atoms with Crippen molar-refractivity contribution in [2.24, 2.45) is 11.7 Å². The number of anilines is 1. The van der Waals surface area contributed by atoms with Crippen molar-refractivity contribution in [3.05, 3.63) is 66.5 Å². The Labute approximate surface area is 322 Å². The van der Waals surface area contributed by atoms with Gasteiger partial charge in [-0.1, -0.05) is 24.3 Å². The van der Waals surface area contributed by atoms with Gasteiger partial charge in [-0.15, -0.1) is 0 Å². The number of hydrogen-bond donors (Lipinski definition) is 9. The number of aromatic nitrogens is 5. The summed E-state index contributed by atoms with van der Waals surface area (Å²) in [5, 5.41) is 45.2. The second kappa shape index (κ2) is 17.6. The summed E-state index contributed by atoms with van der Waals surface area (Å²) in [6.45, 7) is -1.93. The molecule has 23 nitrogen and oxygen atoms in total. The lowest BCUT2D eigenvalue weighted by Crippen LogP contribution is -2.46. The molecular formula is C32H39N8O15P2+. The smallest absolute Gasteiger partial charge is 0.387 e. The average molecular weight is 838 g/mol. The third-order valence-electron chi connectivity index (χ3n) is 8.99. The fourth-order valence-electron chi connectivity index (χ4n) is 6.15. The molecule has 0 bridgehead atoms. The molecule has 25 heteroatoms. The number of nitrogens with one attached hydrogen (secondary N) is 1. The molecule has 0 spiro atoms. The number of aliphatic hydroxyl groups is 4. The Hall–Kier alpha value is -4.50. The minimum atomic E-state index is -5.49. The van der Waals surface area contributed by atoms with E-state index in [1.807, 2.05) is 24.3 Å². The number of nitrogen functional groups attached to an aromatic ring is 1. The second-order valence-corrected chi connectivity index (χ2v) is 16.0. The van der Waals surface area contributed by atoms with E-state index in [1.165, 1.54) is 29.1 Å². The van der Waals surface area contributed by atoms with Crippen LogP contribution in [0.2, 0.25) is 0 Å². The molecule has 5 heterocycles. The molecule has 0 saturated carbocycles. The first-order chi connectivity index (χ1) is 27.0. The number of primary amides is 1. The monoisotopic (exact) mass is 837 g/mol. The van der Waals surface area contributed by atoms with Crippen LogP contribution in [0.1, 0.15) is 47.9 Å². The summed E-state index contributed by atoms with van der Waals surface area (Å²) in [4.78, 5) is 56.7. The number of rotatable bonds is 15. The van der Waals surface area contributed by atoms with Crippen LogP contribution in [0.25, 0.3) is 11.2 Å². The molecule has 306 valence electrons. The summed E-state index contributed by atoms with van der Waals surface area (Å²) in [5.74, 6) is 1.59. The van der Waals surface area contributed by atoms with E-state index in [0.717, 1.165) is 17.3 Å². The van der Waals surface area contributed by atoms with Gasteiger partial charge in [0.15, 0.2) is 47.5 Å². The Bertz CT molecular complexity index is 2200. The maximum atomic E-state index is 12.7. The molecule has 3 aromatic heterocycles. The largest absolute Gasteiger partial charge is 0.481 e. The topological polar surface area (TPSA) is 347 Å². The summed E-state index contributed by atoms with van der Waals surface area (Å²) in [6.07, 6.45) is 0.572. The summed E-state index contributed by atoms with van der Waals surface area (Å²) < 4.78 is 52.9. The molecule has 2 aliphatic heterocycles. The first-order valence-corrected chi connectivity index (χ1v) is 20.2. The normalized spacial score (nSPS) is 27.9. The standard InChI is InChI=1S/C32H38N8O15P2/c33-28-23-30(37-16-36-28)40(21(38-23)10-11-35-22(41)9-3-7-17-5-1-2-6-17)32-27(45)25(43)20(54-32)15-52-57(49,50)55-56(47,48)51-14-19-24(42)26(44)31(53-19)39-12-4-8-18(13-39)29(34)46/h1-2,4-6,8,12-13,16-17,19-20,24-27,31-32,42-45H,3,7,9,14-15H2,(H6-,33,34,35,36,37,38,41,46,47,48,49,50)/p+1/t19-,20-,24-,25-,26-,27-,31-,32-/m1/s1. The summed E-state index contributed by atoms with van der Waals surface area (Å²) in [6, 6.07) is 5.32. The molecule has 6 rings (SSSR count). The number of nitrogens with zero attached hydrogens (tertiary/aromatic N) is 5. The zero-order valence-corrected chi connectivity index (χ0v) is 31.4. The van der Waals surface area contributed by atoms with Crippen molar-refractivity contribution in [2.75, 3.05) is 18.9 Å². The predicted octanol–water partition coefficient (Wildman–Crippen LogP) is -1.68. The van der Waals surface area contributed by atoms with E-state index in [0.29, 0.717) is 6.42 Å². The number of aliphatic hydroxyl groups excluding tert-OH is 4. The number of phosphoric ester groups is 2. The van der Waals surface area contributed by atoms with Crippen LogP contribution in [0.4, 0.5) is 5.82 Å². The third-order valence-corrected chi connectivity index (χ3v) is 11.6. The van der Waals surface area contributed by atoms with E-state index in [2.05, 4.69) is 36.5 Å². The number of ether oxygens (including phenoxy) is 2. The number of imidazole rings is 1. The van der Waals surface area contributed by atoms with E-state index < -0.39 is 83.8 Å². The molecule has 3 aliphatic rings. The highest BCUT2D eigenvalue weighted by Gasteiger charge is 2.50. The van der Waals surface area contributed by atoms with Crippen LogP contribution in [0, 0.1) is 17.9 Å². The fourth-order valence-corrected chi connectivity index (χ4v) is 8.24. The highest BCUT2D eigenvalue weighted by molar-refractivity contribution is 7.61. The van der Waals surface area contributed by atoms with Gasteiger partial charge in [-0.05, 0) is 30.7 Å².